The van der Waals surface area contributed by atoms with Gasteiger partial charge in [-0.25, -0.2) is 0 Å². The number of benzene rings is 1. The normalized spacial score (nSPS) is 29.6. The Labute approximate surface area is 104 Å². The van der Waals surface area contributed by atoms with Gasteiger partial charge in [0.1, 0.15) is 5.75 Å². The standard InChI is InChI=1S/C13H13NO4/c15-6-8-10-11(8)13(18)14(12(10)17)5-7-3-1-2-4-9(7)16/h1-4,8,10-11,15-16H,5-6H2. The number of fused-ring (bicyclic) bond motifs is 1. The maximum atomic E-state index is 12.0. The number of phenols is 1. The van der Waals surface area contributed by atoms with Crippen LogP contribution in [0, 0.1) is 17.8 Å². The molecule has 1 saturated heterocycles. The molecule has 1 saturated carbocycles. The third-order valence-electron chi connectivity index (χ3n) is 3.80. The van der Waals surface area contributed by atoms with Gasteiger partial charge >= 0.3 is 0 Å². The Bertz CT molecular complexity index is 505. The predicted octanol–water partition coefficient (Wildman–Crippen LogP) is 0.115. The van der Waals surface area contributed by atoms with Crippen molar-refractivity contribution >= 4 is 11.8 Å². The molecule has 94 valence electrons. The van der Waals surface area contributed by atoms with Crippen LogP contribution in [0.25, 0.3) is 0 Å². The van der Waals surface area contributed by atoms with Gasteiger partial charge in [0.15, 0.2) is 0 Å². The van der Waals surface area contributed by atoms with Gasteiger partial charge in [-0.05, 0) is 6.07 Å². The van der Waals surface area contributed by atoms with Crippen LogP contribution in [-0.2, 0) is 16.1 Å². The number of hydrogen-bond acceptors (Lipinski definition) is 4. The molecule has 0 spiro atoms. The van der Waals surface area contributed by atoms with Crippen LogP contribution in [0.4, 0.5) is 0 Å². The number of carbonyl (C=O) groups is 2. The Morgan fingerprint density at radius 3 is 2.28 bits per heavy atom. The molecule has 18 heavy (non-hydrogen) atoms. The minimum atomic E-state index is -0.339. The molecular formula is C13H13NO4. The van der Waals surface area contributed by atoms with E-state index in [1.165, 1.54) is 11.0 Å². The molecule has 2 atom stereocenters. The van der Waals surface area contributed by atoms with Crippen LogP contribution in [0.3, 0.4) is 0 Å². The summed E-state index contributed by atoms with van der Waals surface area (Å²) in [6.07, 6.45) is 0. The van der Waals surface area contributed by atoms with Crippen molar-refractivity contribution in [1.29, 1.82) is 0 Å². The molecule has 1 aromatic carbocycles. The molecule has 2 N–H and O–H groups in total. The number of nitrogens with zero attached hydrogens (tertiary/aromatic N) is 1. The van der Waals surface area contributed by atoms with E-state index in [1.54, 1.807) is 18.2 Å². The highest BCUT2D eigenvalue weighted by molar-refractivity contribution is 6.09. The first kappa shape index (κ1) is 11.2. The summed E-state index contributed by atoms with van der Waals surface area (Å²) in [4.78, 5) is 25.1. The molecule has 1 aliphatic carbocycles. The summed E-state index contributed by atoms with van der Waals surface area (Å²) in [6.45, 7) is -0.00721. The quantitative estimate of drug-likeness (QED) is 0.743. The van der Waals surface area contributed by atoms with E-state index in [2.05, 4.69) is 0 Å². The van der Waals surface area contributed by atoms with Gasteiger partial charge in [0.2, 0.25) is 11.8 Å². The van der Waals surface area contributed by atoms with Gasteiger partial charge in [0.25, 0.3) is 0 Å². The molecular weight excluding hydrogens is 234 g/mol. The second kappa shape index (κ2) is 3.81. The van der Waals surface area contributed by atoms with E-state index >= 15 is 0 Å². The van der Waals surface area contributed by atoms with Crippen LogP contribution in [0.1, 0.15) is 5.56 Å². The fraction of sp³-hybridized carbons (Fsp3) is 0.385. The number of para-hydroxylation sites is 1. The number of amides is 2. The third-order valence-corrected chi connectivity index (χ3v) is 3.80. The number of aliphatic hydroxyl groups excluding tert-OH is 1. The van der Waals surface area contributed by atoms with Crippen LogP contribution < -0.4 is 0 Å². The minimum Gasteiger partial charge on any atom is -0.508 e. The lowest BCUT2D eigenvalue weighted by Gasteiger charge is -2.18. The Balaban J connectivity index is 1.79. The Morgan fingerprint density at radius 2 is 1.72 bits per heavy atom. The molecule has 2 amide bonds. The second-order valence-corrected chi connectivity index (χ2v) is 4.79. The molecule has 2 fully saturated rings. The number of rotatable bonds is 3. The molecule has 5 heteroatoms. The third kappa shape index (κ3) is 1.44. The Hall–Kier alpha value is -1.88. The molecule has 2 aliphatic rings. The summed E-state index contributed by atoms with van der Waals surface area (Å²) in [7, 11) is 0. The number of likely N-dealkylation sites (tertiary alicyclic amines) is 1. The van der Waals surface area contributed by atoms with Crippen LogP contribution in [0.15, 0.2) is 24.3 Å². The monoisotopic (exact) mass is 247 g/mol. The lowest BCUT2D eigenvalue weighted by molar-refractivity contribution is -0.143. The van der Waals surface area contributed by atoms with E-state index in [9.17, 15) is 14.7 Å². The van der Waals surface area contributed by atoms with Gasteiger partial charge in [-0.3, -0.25) is 14.5 Å². The van der Waals surface area contributed by atoms with Crippen molar-refractivity contribution in [2.75, 3.05) is 6.61 Å². The Morgan fingerprint density at radius 1 is 1.11 bits per heavy atom. The fourth-order valence-electron chi connectivity index (χ4n) is 2.71. The SMILES string of the molecule is O=C1C2C(CO)C2C(=O)N1Cc1ccccc1O. The summed E-state index contributed by atoms with van der Waals surface area (Å²) in [5.41, 5.74) is 0.557. The van der Waals surface area contributed by atoms with Gasteiger partial charge < -0.3 is 10.2 Å². The highest BCUT2D eigenvalue weighted by Crippen LogP contribution is 2.53. The topological polar surface area (TPSA) is 77.8 Å². The molecule has 0 aromatic heterocycles. The smallest absolute Gasteiger partial charge is 0.233 e. The number of hydrogen-bond donors (Lipinski definition) is 2. The molecule has 1 aromatic rings. The van der Waals surface area contributed by atoms with Crippen LogP contribution in [0.5, 0.6) is 5.75 Å². The zero-order chi connectivity index (χ0) is 12.9. The molecule has 1 aliphatic heterocycles. The highest BCUT2D eigenvalue weighted by Gasteiger charge is 2.66. The van der Waals surface area contributed by atoms with Crippen molar-refractivity contribution in [2.24, 2.45) is 17.8 Å². The number of phenolic OH excluding ortho intramolecular Hbond substituents is 1. The van der Waals surface area contributed by atoms with Crippen LogP contribution >= 0.6 is 0 Å². The Kier molecular flexibility index (Phi) is 2.38. The van der Waals surface area contributed by atoms with Crippen molar-refractivity contribution in [3.05, 3.63) is 29.8 Å². The first-order chi connectivity index (χ1) is 8.65. The lowest BCUT2D eigenvalue weighted by Crippen LogP contribution is -2.34. The van der Waals surface area contributed by atoms with Crippen molar-refractivity contribution < 1.29 is 19.8 Å². The van der Waals surface area contributed by atoms with E-state index in [0.29, 0.717) is 5.56 Å². The maximum Gasteiger partial charge on any atom is 0.233 e. The predicted molar refractivity (Wildman–Crippen MR) is 61.2 cm³/mol. The van der Waals surface area contributed by atoms with Gasteiger partial charge in [0, 0.05) is 18.1 Å². The van der Waals surface area contributed by atoms with Crippen molar-refractivity contribution in [3.63, 3.8) is 0 Å². The molecule has 0 radical (unpaired) electrons. The van der Waals surface area contributed by atoms with E-state index in [0.717, 1.165) is 0 Å². The minimum absolute atomic E-state index is 0.0809. The van der Waals surface area contributed by atoms with E-state index in [1.807, 2.05) is 0 Å². The van der Waals surface area contributed by atoms with Crippen molar-refractivity contribution in [1.82, 2.24) is 4.90 Å². The zero-order valence-corrected chi connectivity index (χ0v) is 9.61. The summed E-state index contributed by atoms with van der Waals surface area (Å²) >= 11 is 0. The number of aliphatic hydroxyl groups is 1. The molecule has 0 bridgehead atoms. The van der Waals surface area contributed by atoms with Crippen LogP contribution in [0.2, 0.25) is 0 Å². The van der Waals surface area contributed by atoms with Crippen molar-refractivity contribution in [3.8, 4) is 5.75 Å². The average Bonchev–Trinajstić information content (AvgIpc) is 3.04. The first-order valence-electron chi connectivity index (χ1n) is 5.88. The molecule has 2 unspecified atom stereocenters. The van der Waals surface area contributed by atoms with E-state index in [4.69, 9.17) is 5.11 Å². The number of piperidine rings is 1. The zero-order valence-electron chi connectivity index (χ0n) is 9.61. The first-order valence-corrected chi connectivity index (χ1v) is 5.88. The van der Waals surface area contributed by atoms with Gasteiger partial charge in [0.05, 0.1) is 18.4 Å². The molecule has 5 nitrogen and oxygen atoms in total. The molecule has 3 rings (SSSR count). The molecule has 1 heterocycles. The van der Waals surface area contributed by atoms with Gasteiger partial charge in [-0.2, -0.15) is 0 Å². The second-order valence-electron chi connectivity index (χ2n) is 4.79. The summed E-state index contributed by atoms with van der Waals surface area (Å²) in [5, 5.41) is 18.6. The summed E-state index contributed by atoms with van der Waals surface area (Å²) in [6, 6.07) is 6.64. The highest BCUT2D eigenvalue weighted by atomic mass is 16.3. The summed E-state index contributed by atoms with van der Waals surface area (Å²) < 4.78 is 0. The van der Waals surface area contributed by atoms with Crippen LogP contribution in [-0.4, -0.2) is 33.5 Å². The van der Waals surface area contributed by atoms with E-state index in [-0.39, 0.29) is 48.5 Å². The number of imide groups is 1. The van der Waals surface area contributed by atoms with E-state index < -0.39 is 0 Å². The van der Waals surface area contributed by atoms with Gasteiger partial charge in [-0.1, -0.05) is 18.2 Å². The largest absolute Gasteiger partial charge is 0.508 e. The van der Waals surface area contributed by atoms with Gasteiger partial charge in [-0.15, -0.1) is 0 Å². The number of aromatic hydroxyl groups is 1. The van der Waals surface area contributed by atoms with Crippen molar-refractivity contribution in [2.45, 2.75) is 6.54 Å². The fourth-order valence-corrected chi connectivity index (χ4v) is 2.71. The average molecular weight is 247 g/mol. The lowest BCUT2D eigenvalue weighted by atomic mass is 10.1. The maximum absolute atomic E-state index is 12.0. The number of carbonyl (C=O) groups excluding carboxylic acids is 2. The summed E-state index contributed by atoms with van der Waals surface area (Å²) in [5.74, 6) is -1.25.